The number of carboxylic acid groups (broad SMARTS) is 1. The van der Waals surface area contributed by atoms with E-state index in [9.17, 15) is 9.18 Å². The van der Waals surface area contributed by atoms with Crippen LogP contribution in [0, 0.1) is 5.82 Å². The standard InChI is InChI=1S/C25H25ClFN3O3/c26-25-29-14-22(16-4-6-19(27)7-5-16)23(30-25)15-28-10-1-11-33-20-8-9-21-17(12-20)2-3-18(21)13-24(31)32/h4-9,12,14,18,28H,1-3,10-11,13,15H2,(H,31,32)/t18-/m0/s1. The molecule has 2 aromatic carbocycles. The first kappa shape index (κ1) is 23.1. The smallest absolute Gasteiger partial charge is 0.303 e. The number of benzene rings is 2. The number of rotatable bonds is 10. The van der Waals surface area contributed by atoms with E-state index in [0.29, 0.717) is 13.2 Å². The number of nitrogens with one attached hydrogen (secondary N) is 1. The predicted molar refractivity (Wildman–Crippen MR) is 124 cm³/mol. The van der Waals surface area contributed by atoms with Crippen LogP contribution < -0.4 is 10.1 Å². The summed E-state index contributed by atoms with van der Waals surface area (Å²) in [5.74, 6) is -0.136. The lowest BCUT2D eigenvalue weighted by Crippen LogP contribution is -2.18. The van der Waals surface area contributed by atoms with Crippen molar-refractivity contribution in [2.45, 2.75) is 38.1 Å². The number of aryl methyl sites for hydroxylation is 1. The maximum atomic E-state index is 13.2. The van der Waals surface area contributed by atoms with Gasteiger partial charge in [0.15, 0.2) is 0 Å². The monoisotopic (exact) mass is 469 g/mol. The number of halogens is 2. The molecule has 8 heteroatoms. The van der Waals surface area contributed by atoms with E-state index in [1.807, 2.05) is 18.2 Å². The number of carboxylic acids is 1. The van der Waals surface area contributed by atoms with Gasteiger partial charge in [-0.1, -0.05) is 18.2 Å². The summed E-state index contributed by atoms with van der Waals surface area (Å²) in [6.45, 7) is 1.77. The number of ether oxygens (including phenoxy) is 1. The fourth-order valence-corrected chi connectivity index (χ4v) is 4.34. The summed E-state index contributed by atoms with van der Waals surface area (Å²) >= 11 is 5.97. The predicted octanol–water partition coefficient (Wildman–Crippen LogP) is 5.00. The zero-order valence-corrected chi connectivity index (χ0v) is 18.8. The first-order valence-electron chi connectivity index (χ1n) is 10.9. The minimum Gasteiger partial charge on any atom is -0.494 e. The van der Waals surface area contributed by atoms with Crippen molar-refractivity contribution >= 4 is 17.6 Å². The van der Waals surface area contributed by atoms with Gasteiger partial charge in [-0.15, -0.1) is 0 Å². The van der Waals surface area contributed by atoms with Crippen LogP contribution in [0.1, 0.15) is 42.0 Å². The highest BCUT2D eigenvalue weighted by Gasteiger charge is 2.24. The second-order valence-electron chi connectivity index (χ2n) is 8.08. The number of carbonyl (C=O) groups is 1. The van der Waals surface area contributed by atoms with E-state index in [2.05, 4.69) is 15.3 Å². The summed E-state index contributed by atoms with van der Waals surface area (Å²) in [7, 11) is 0. The lowest BCUT2D eigenvalue weighted by atomic mass is 9.98. The van der Waals surface area contributed by atoms with Gasteiger partial charge in [0.05, 0.1) is 18.7 Å². The van der Waals surface area contributed by atoms with Crippen molar-refractivity contribution in [1.82, 2.24) is 15.3 Å². The van der Waals surface area contributed by atoms with E-state index in [1.165, 1.54) is 17.7 Å². The summed E-state index contributed by atoms with van der Waals surface area (Å²) in [6, 6.07) is 12.2. The third-order valence-electron chi connectivity index (χ3n) is 5.79. The van der Waals surface area contributed by atoms with Gasteiger partial charge in [0.2, 0.25) is 5.28 Å². The average molecular weight is 470 g/mol. The van der Waals surface area contributed by atoms with Crippen LogP contribution in [0.3, 0.4) is 0 Å². The maximum Gasteiger partial charge on any atom is 0.303 e. The first-order chi connectivity index (χ1) is 16.0. The van der Waals surface area contributed by atoms with Crippen molar-refractivity contribution in [2.24, 2.45) is 0 Å². The molecule has 1 aromatic heterocycles. The van der Waals surface area contributed by atoms with E-state index in [1.54, 1.807) is 18.3 Å². The molecular weight excluding hydrogens is 445 g/mol. The number of nitrogens with zero attached hydrogens (tertiary/aromatic N) is 2. The lowest BCUT2D eigenvalue weighted by molar-refractivity contribution is -0.137. The maximum absolute atomic E-state index is 13.2. The summed E-state index contributed by atoms with van der Waals surface area (Å²) < 4.78 is 19.1. The normalized spacial score (nSPS) is 14.8. The minimum atomic E-state index is -0.755. The zero-order chi connectivity index (χ0) is 23.2. The summed E-state index contributed by atoms with van der Waals surface area (Å²) in [5, 5.41) is 12.6. The molecule has 0 radical (unpaired) electrons. The average Bonchev–Trinajstić information content (AvgIpc) is 3.18. The van der Waals surface area contributed by atoms with Gasteiger partial charge in [0, 0.05) is 18.3 Å². The molecule has 0 amide bonds. The fourth-order valence-electron chi connectivity index (χ4n) is 4.19. The largest absolute Gasteiger partial charge is 0.494 e. The van der Waals surface area contributed by atoms with Crippen molar-refractivity contribution in [2.75, 3.05) is 13.2 Å². The van der Waals surface area contributed by atoms with Gasteiger partial charge in [0.25, 0.3) is 0 Å². The van der Waals surface area contributed by atoms with Gasteiger partial charge in [-0.2, -0.15) is 0 Å². The number of hydrogen-bond acceptors (Lipinski definition) is 5. The molecule has 1 heterocycles. The molecule has 1 aliphatic rings. The van der Waals surface area contributed by atoms with E-state index in [-0.39, 0.29) is 23.4 Å². The molecule has 0 spiro atoms. The van der Waals surface area contributed by atoms with Gasteiger partial charge >= 0.3 is 5.97 Å². The van der Waals surface area contributed by atoms with Crippen molar-refractivity contribution < 1.29 is 19.0 Å². The summed E-state index contributed by atoms with van der Waals surface area (Å²) in [5.41, 5.74) is 4.70. The van der Waals surface area contributed by atoms with E-state index in [0.717, 1.165) is 53.9 Å². The second kappa shape index (κ2) is 10.7. The molecule has 4 rings (SSSR count). The third kappa shape index (κ3) is 6.06. The molecule has 0 bridgehead atoms. The van der Waals surface area contributed by atoms with Gasteiger partial charge < -0.3 is 15.2 Å². The molecule has 1 aliphatic carbocycles. The Kier molecular flexibility index (Phi) is 7.52. The zero-order valence-electron chi connectivity index (χ0n) is 18.1. The van der Waals surface area contributed by atoms with Gasteiger partial charge in [0.1, 0.15) is 11.6 Å². The highest BCUT2D eigenvalue weighted by Crippen LogP contribution is 2.37. The Labute approximate surface area is 196 Å². The molecule has 0 fully saturated rings. The molecule has 33 heavy (non-hydrogen) atoms. The molecule has 172 valence electrons. The molecule has 3 aromatic rings. The van der Waals surface area contributed by atoms with Crippen molar-refractivity contribution in [1.29, 1.82) is 0 Å². The van der Waals surface area contributed by atoms with Crippen LogP contribution in [0.5, 0.6) is 5.75 Å². The van der Waals surface area contributed by atoms with E-state index >= 15 is 0 Å². The van der Waals surface area contributed by atoms with Crippen LogP contribution in [0.25, 0.3) is 11.1 Å². The van der Waals surface area contributed by atoms with Gasteiger partial charge in [-0.05, 0) is 84.3 Å². The number of aliphatic carboxylic acids is 1. The van der Waals surface area contributed by atoms with Gasteiger partial charge in [-0.3, -0.25) is 4.79 Å². The Morgan fingerprint density at radius 2 is 2.06 bits per heavy atom. The van der Waals surface area contributed by atoms with Crippen molar-refractivity contribution in [3.63, 3.8) is 0 Å². The summed E-state index contributed by atoms with van der Waals surface area (Å²) in [6.07, 6.45) is 4.40. The molecule has 0 saturated carbocycles. The van der Waals surface area contributed by atoms with Crippen LogP contribution >= 0.6 is 11.6 Å². The lowest BCUT2D eigenvalue weighted by Gasteiger charge is -2.12. The molecule has 2 N–H and O–H groups in total. The second-order valence-corrected chi connectivity index (χ2v) is 8.42. The quantitative estimate of drug-likeness (QED) is 0.321. The van der Waals surface area contributed by atoms with Crippen molar-refractivity contribution in [3.05, 3.63) is 76.6 Å². The molecule has 1 atom stereocenters. The molecule has 6 nitrogen and oxygen atoms in total. The van der Waals surface area contributed by atoms with Crippen molar-refractivity contribution in [3.8, 4) is 16.9 Å². The molecule has 0 aliphatic heterocycles. The van der Waals surface area contributed by atoms with E-state index in [4.69, 9.17) is 21.4 Å². The van der Waals surface area contributed by atoms with Gasteiger partial charge in [-0.25, -0.2) is 14.4 Å². The Bertz CT molecular complexity index is 1120. The highest BCUT2D eigenvalue weighted by molar-refractivity contribution is 6.28. The van der Waals surface area contributed by atoms with Crippen LogP contribution in [-0.2, 0) is 17.8 Å². The SMILES string of the molecule is O=C(O)C[C@@H]1CCc2cc(OCCCNCc3nc(Cl)ncc3-c3ccc(F)cc3)ccc21. The van der Waals surface area contributed by atoms with E-state index < -0.39 is 5.97 Å². The highest BCUT2D eigenvalue weighted by atomic mass is 35.5. The Hall–Kier alpha value is -3.03. The molecule has 0 saturated heterocycles. The Morgan fingerprint density at radius 1 is 1.24 bits per heavy atom. The Morgan fingerprint density at radius 3 is 2.85 bits per heavy atom. The van der Waals surface area contributed by atoms with Crippen LogP contribution in [-0.4, -0.2) is 34.2 Å². The summed E-state index contributed by atoms with van der Waals surface area (Å²) in [4.78, 5) is 19.4. The number of fused-ring (bicyclic) bond motifs is 1. The number of hydrogen-bond donors (Lipinski definition) is 2. The first-order valence-corrected chi connectivity index (χ1v) is 11.3. The van der Waals surface area contributed by atoms with Crippen LogP contribution in [0.4, 0.5) is 4.39 Å². The molecule has 0 unspecified atom stereocenters. The van der Waals surface area contributed by atoms with Crippen LogP contribution in [0.15, 0.2) is 48.7 Å². The number of aromatic nitrogens is 2. The van der Waals surface area contributed by atoms with Crippen LogP contribution in [0.2, 0.25) is 5.28 Å². The fraction of sp³-hybridized carbons (Fsp3) is 0.320. The molecular formula is C25H25ClFN3O3. The minimum absolute atomic E-state index is 0.103. The topological polar surface area (TPSA) is 84.3 Å². The Balaban J connectivity index is 1.25. The third-order valence-corrected chi connectivity index (χ3v) is 5.97.